The molecule has 0 bridgehead atoms. The Balaban J connectivity index is 3.13. The van der Waals surface area contributed by atoms with Crippen LogP contribution in [0, 0.1) is 5.82 Å². The lowest BCUT2D eigenvalue weighted by atomic mass is 10.3. The van der Waals surface area contributed by atoms with E-state index in [9.17, 15) is 22.4 Å². The third-order valence-electron chi connectivity index (χ3n) is 2.38. The number of sulfone groups is 1. The molecule has 19 heavy (non-hydrogen) atoms. The number of benzene rings is 1. The van der Waals surface area contributed by atoms with Gasteiger partial charge in [-0.2, -0.15) is 0 Å². The minimum Gasteiger partial charge on any atom is -0.396 e. The molecule has 7 nitrogen and oxygen atoms in total. The number of nitrogens with two attached hydrogens (primary N) is 2. The lowest BCUT2D eigenvalue weighted by Gasteiger charge is -2.12. The maximum atomic E-state index is 13.2. The van der Waals surface area contributed by atoms with Gasteiger partial charge >= 0.3 is 6.03 Å². The highest BCUT2D eigenvalue weighted by molar-refractivity contribution is 7.92. The largest absolute Gasteiger partial charge is 0.396 e. The van der Waals surface area contributed by atoms with Crippen LogP contribution in [0.4, 0.5) is 14.9 Å². The zero-order valence-electron chi connectivity index (χ0n) is 9.88. The van der Waals surface area contributed by atoms with Crippen molar-refractivity contribution in [2.75, 3.05) is 5.73 Å². The van der Waals surface area contributed by atoms with E-state index in [0.29, 0.717) is 6.07 Å². The Hall–Kier alpha value is -2.16. The number of primary amides is 1. The van der Waals surface area contributed by atoms with Gasteiger partial charge in [0.05, 0.1) is 10.6 Å². The van der Waals surface area contributed by atoms with Crippen molar-refractivity contribution in [1.82, 2.24) is 5.32 Å². The van der Waals surface area contributed by atoms with Crippen molar-refractivity contribution in [3.63, 3.8) is 0 Å². The van der Waals surface area contributed by atoms with Gasteiger partial charge in [0.25, 0.3) is 0 Å². The molecule has 0 fully saturated rings. The molecule has 5 N–H and O–H groups in total. The molecule has 0 aliphatic carbocycles. The van der Waals surface area contributed by atoms with Crippen molar-refractivity contribution >= 4 is 27.5 Å². The van der Waals surface area contributed by atoms with Crippen molar-refractivity contribution < 1.29 is 22.4 Å². The molecular formula is C10H12FN3O4S. The van der Waals surface area contributed by atoms with Gasteiger partial charge in [-0.05, 0) is 25.1 Å². The Morgan fingerprint density at radius 2 is 1.95 bits per heavy atom. The molecule has 0 aliphatic rings. The molecule has 3 amide bonds. The monoisotopic (exact) mass is 289 g/mol. The summed E-state index contributed by atoms with van der Waals surface area (Å²) in [5, 5.41) is 0.0523. The molecule has 0 aromatic heterocycles. The summed E-state index contributed by atoms with van der Waals surface area (Å²) in [5.74, 6) is -2.01. The average Bonchev–Trinajstić information content (AvgIpc) is 2.30. The van der Waals surface area contributed by atoms with Gasteiger partial charge in [0.1, 0.15) is 11.1 Å². The number of anilines is 1. The summed E-state index contributed by atoms with van der Waals surface area (Å²) in [6.45, 7) is 1.06. The standard InChI is InChI=1S/C10H12FN3O4S/c1-5(9(15)14-10(13)16)19(17,18)6-2-3-8(12)7(11)4-6/h2-5H,12H2,1H3,(H3,13,14,15,16). The minimum absolute atomic E-state index is 0.215. The van der Waals surface area contributed by atoms with Crippen LogP contribution < -0.4 is 16.8 Å². The van der Waals surface area contributed by atoms with Gasteiger partial charge in [-0.1, -0.05) is 0 Å². The maximum absolute atomic E-state index is 13.2. The molecule has 104 valence electrons. The number of nitrogen functional groups attached to an aromatic ring is 1. The Morgan fingerprint density at radius 1 is 1.37 bits per heavy atom. The number of urea groups is 1. The second-order valence-corrected chi connectivity index (χ2v) is 5.99. The molecular weight excluding hydrogens is 277 g/mol. The number of imide groups is 1. The number of nitrogens with one attached hydrogen (secondary N) is 1. The smallest absolute Gasteiger partial charge is 0.318 e. The fraction of sp³-hybridized carbons (Fsp3) is 0.200. The van der Waals surface area contributed by atoms with Crippen LogP contribution >= 0.6 is 0 Å². The predicted molar refractivity (Wildman–Crippen MR) is 65.2 cm³/mol. The Morgan fingerprint density at radius 3 is 2.42 bits per heavy atom. The second kappa shape index (κ2) is 5.22. The highest BCUT2D eigenvalue weighted by Crippen LogP contribution is 2.20. The van der Waals surface area contributed by atoms with Crippen molar-refractivity contribution in [2.45, 2.75) is 17.1 Å². The van der Waals surface area contributed by atoms with Crippen molar-refractivity contribution in [1.29, 1.82) is 0 Å². The summed E-state index contributed by atoms with van der Waals surface area (Å²) in [6.07, 6.45) is 0. The molecule has 0 radical (unpaired) electrons. The van der Waals surface area contributed by atoms with Crippen molar-refractivity contribution in [2.24, 2.45) is 5.73 Å². The number of hydrogen-bond acceptors (Lipinski definition) is 5. The van der Waals surface area contributed by atoms with Gasteiger partial charge in [-0.25, -0.2) is 17.6 Å². The van der Waals surface area contributed by atoms with E-state index in [2.05, 4.69) is 0 Å². The topological polar surface area (TPSA) is 132 Å². The molecule has 0 aliphatic heterocycles. The van der Waals surface area contributed by atoms with Crippen LogP contribution in [-0.4, -0.2) is 25.6 Å². The minimum atomic E-state index is -4.14. The van der Waals surface area contributed by atoms with E-state index in [4.69, 9.17) is 11.5 Å². The van der Waals surface area contributed by atoms with Crippen LogP contribution in [0.15, 0.2) is 23.1 Å². The molecule has 0 heterocycles. The summed E-state index contributed by atoms with van der Waals surface area (Å²) in [6, 6.07) is 1.68. The highest BCUT2D eigenvalue weighted by atomic mass is 32.2. The van der Waals surface area contributed by atoms with Gasteiger partial charge in [0, 0.05) is 0 Å². The van der Waals surface area contributed by atoms with Crippen LogP contribution in [0.2, 0.25) is 0 Å². The summed E-state index contributed by atoms with van der Waals surface area (Å²) >= 11 is 0. The summed E-state index contributed by atoms with van der Waals surface area (Å²) in [5.41, 5.74) is 9.72. The van der Waals surface area contributed by atoms with Crippen LogP contribution in [0.5, 0.6) is 0 Å². The summed E-state index contributed by atoms with van der Waals surface area (Å²) < 4.78 is 37.2. The average molecular weight is 289 g/mol. The van der Waals surface area contributed by atoms with Crippen LogP contribution in [0.3, 0.4) is 0 Å². The third-order valence-corrected chi connectivity index (χ3v) is 4.44. The molecule has 1 aromatic rings. The zero-order chi connectivity index (χ0) is 14.8. The molecule has 1 rings (SSSR count). The Labute approximate surface area is 108 Å². The highest BCUT2D eigenvalue weighted by Gasteiger charge is 2.30. The lowest BCUT2D eigenvalue weighted by Crippen LogP contribution is -2.43. The molecule has 0 saturated carbocycles. The van der Waals surface area contributed by atoms with Crippen LogP contribution in [0.1, 0.15) is 6.92 Å². The van der Waals surface area contributed by atoms with E-state index in [-0.39, 0.29) is 5.69 Å². The number of amides is 3. The Bertz CT molecular complexity index is 630. The number of hydrogen-bond donors (Lipinski definition) is 3. The SMILES string of the molecule is CC(C(=O)NC(N)=O)S(=O)(=O)c1ccc(N)c(F)c1. The summed E-state index contributed by atoms with van der Waals surface area (Å²) in [4.78, 5) is 21.5. The van der Waals surface area contributed by atoms with E-state index in [0.717, 1.165) is 19.1 Å². The van der Waals surface area contributed by atoms with Gasteiger partial charge < -0.3 is 11.5 Å². The van der Waals surface area contributed by atoms with E-state index in [1.54, 1.807) is 5.32 Å². The quantitative estimate of drug-likeness (QED) is 0.661. The molecule has 1 atom stereocenters. The number of carbonyl (C=O) groups excluding carboxylic acids is 2. The number of carbonyl (C=O) groups is 2. The van der Waals surface area contributed by atoms with Gasteiger partial charge in [0.2, 0.25) is 5.91 Å². The second-order valence-electron chi connectivity index (χ2n) is 3.72. The molecule has 1 aromatic carbocycles. The fourth-order valence-electron chi connectivity index (χ4n) is 1.25. The van der Waals surface area contributed by atoms with Crippen LogP contribution in [-0.2, 0) is 14.6 Å². The first-order chi connectivity index (χ1) is 8.66. The third kappa shape index (κ3) is 3.19. The first-order valence-corrected chi connectivity index (χ1v) is 6.60. The van der Waals surface area contributed by atoms with E-state index in [1.807, 2.05) is 0 Å². The maximum Gasteiger partial charge on any atom is 0.318 e. The first kappa shape index (κ1) is 14.9. The number of rotatable bonds is 3. The molecule has 1 unspecified atom stereocenters. The normalized spacial score (nSPS) is 12.7. The van der Waals surface area contributed by atoms with Crippen molar-refractivity contribution in [3.05, 3.63) is 24.0 Å². The van der Waals surface area contributed by atoms with E-state index >= 15 is 0 Å². The molecule has 9 heteroatoms. The fourth-order valence-corrected chi connectivity index (χ4v) is 2.53. The molecule has 0 spiro atoms. The van der Waals surface area contributed by atoms with Gasteiger partial charge in [-0.3, -0.25) is 10.1 Å². The zero-order valence-corrected chi connectivity index (χ0v) is 10.7. The lowest BCUT2D eigenvalue weighted by molar-refractivity contribution is -0.119. The van der Waals surface area contributed by atoms with Crippen molar-refractivity contribution in [3.8, 4) is 0 Å². The number of halogens is 1. The van der Waals surface area contributed by atoms with Gasteiger partial charge in [0.15, 0.2) is 9.84 Å². The van der Waals surface area contributed by atoms with Gasteiger partial charge in [-0.15, -0.1) is 0 Å². The Kier molecular flexibility index (Phi) is 4.10. The first-order valence-electron chi connectivity index (χ1n) is 5.05. The predicted octanol–water partition coefficient (Wildman–Crippen LogP) is -0.235. The van der Waals surface area contributed by atoms with E-state index in [1.165, 1.54) is 0 Å². The molecule has 0 saturated heterocycles. The van der Waals surface area contributed by atoms with E-state index < -0.39 is 37.7 Å². The summed E-state index contributed by atoms with van der Waals surface area (Å²) in [7, 11) is -4.14. The van der Waals surface area contributed by atoms with Crippen LogP contribution in [0.25, 0.3) is 0 Å².